The summed E-state index contributed by atoms with van der Waals surface area (Å²) < 4.78 is 26.5. The van der Waals surface area contributed by atoms with Crippen molar-refractivity contribution >= 4 is 29.4 Å². The summed E-state index contributed by atoms with van der Waals surface area (Å²) in [6, 6.07) is 8.92. The Balaban J connectivity index is 1.34. The van der Waals surface area contributed by atoms with E-state index in [9.17, 15) is 23.2 Å². The summed E-state index contributed by atoms with van der Waals surface area (Å²) in [7, 11) is 0. The molecule has 2 saturated heterocycles. The van der Waals surface area contributed by atoms with E-state index in [1.807, 2.05) is 0 Å². The van der Waals surface area contributed by atoms with Gasteiger partial charge in [0.05, 0.1) is 0 Å². The zero-order valence-electron chi connectivity index (χ0n) is 18.0. The molecule has 1 unspecified atom stereocenters. The van der Waals surface area contributed by atoms with Gasteiger partial charge in [-0.2, -0.15) is 0 Å². The summed E-state index contributed by atoms with van der Waals surface area (Å²) in [4.78, 5) is 42.9. The first-order valence-corrected chi connectivity index (χ1v) is 10.9. The number of hydrogen-bond acceptors (Lipinski definition) is 4. The number of nitrogens with one attached hydrogen (secondary N) is 1. The van der Waals surface area contributed by atoms with E-state index < -0.39 is 29.1 Å². The van der Waals surface area contributed by atoms with Gasteiger partial charge in [-0.3, -0.25) is 19.4 Å². The van der Waals surface area contributed by atoms with E-state index in [1.54, 1.807) is 11.0 Å². The summed E-state index contributed by atoms with van der Waals surface area (Å²) in [5.74, 6) is -1.74. The van der Waals surface area contributed by atoms with Crippen LogP contribution in [0.3, 0.4) is 0 Å². The summed E-state index contributed by atoms with van der Waals surface area (Å²) in [6.45, 7) is 3.70. The lowest BCUT2D eigenvalue weighted by Crippen LogP contribution is -2.51. The summed E-state index contributed by atoms with van der Waals surface area (Å²) in [5, 5.41) is 2.97. The molecule has 2 aromatic rings. The van der Waals surface area contributed by atoms with Crippen LogP contribution in [0.4, 0.5) is 13.6 Å². The highest BCUT2D eigenvalue weighted by Gasteiger charge is 2.49. The number of halogens is 3. The molecule has 2 aromatic carbocycles. The Morgan fingerprint density at radius 1 is 1.03 bits per heavy atom. The standard InChI is InChI=1S/C23H23ClF2N4O3/c1-23(16-3-6-17(25)7-4-16)21(32)30(22(33)27-23)14-20(31)29-10-8-28(9-11-29)13-15-2-5-18(26)12-19(15)24/h2-7,12H,8-11,13-14H2,1H3,(H,27,33). The predicted molar refractivity (Wildman–Crippen MR) is 117 cm³/mol. The number of carbonyl (C=O) groups excluding carboxylic acids is 3. The monoisotopic (exact) mass is 476 g/mol. The number of hydrogen-bond donors (Lipinski definition) is 1. The molecule has 0 spiro atoms. The quantitative estimate of drug-likeness (QED) is 0.673. The Hall–Kier alpha value is -3.04. The number of imide groups is 1. The van der Waals surface area contributed by atoms with Crippen molar-refractivity contribution in [1.29, 1.82) is 0 Å². The molecule has 4 amide bonds. The lowest BCUT2D eigenvalue weighted by molar-refractivity contribution is -0.139. The molecular weight excluding hydrogens is 454 g/mol. The SMILES string of the molecule is CC1(c2ccc(F)cc2)NC(=O)N(CC(=O)N2CCN(Cc3ccc(F)cc3Cl)CC2)C1=O. The highest BCUT2D eigenvalue weighted by molar-refractivity contribution is 6.31. The normalized spacial score (nSPS) is 21.5. The number of carbonyl (C=O) groups is 3. The maximum Gasteiger partial charge on any atom is 0.325 e. The minimum atomic E-state index is -1.36. The Morgan fingerprint density at radius 3 is 2.30 bits per heavy atom. The molecule has 10 heteroatoms. The second-order valence-corrected chi connectivity index (χ2v) is 8.75. The van der Waals surface area contributed by atoms with Gasteiger partial charge in [-0.15, -0.1) is 0 Å². The lowest BCUT2D eigenvalue weighted by atomic mass is 9.92. The molecule has 1 N–H and O–H groups in total. The van der Waals surface area contributed by atoms with Crippen LogP contribution in [0.2, 0.25) is 5.02 Å². The Kier molecular flexibility index (Phi) is 6.36. The number of urea groups is 1. The molecule has 2 heterocycles. The van der Waals surface area contributed by atoms with Gasteiger partial charge in [-0.25, -0.2) is 13.6 Å². The number of piperazine rings is 1. The van der Waals surface area contributed by atoms with E-state index in [2.05, 4.69) is 10.2 Å². The minimum absolute atomic E-state index is 0.332. The molecule has 4 rings (SSSR count). The van der Waals surface area contributed by atoms with Crippen molar-refractivity contribution in [1.82, 2.24) is 20.0 Å². The van der Waals surface area contributed by atoms with Crippen molar-refractivity contribution in [2.45, 2.75) is 19.0 Å². The fourth-order valence-corrected chi connectivity index (χ4v) is 4.33. The van der Waals surface area contributed by atoms with Crippen LogP contribution in [-0.4, -0.2) is 65.3 Å². The van der Waals surface area contributed by atoms with Crippen LogP contribution >= 0.6 is 11.6 Å². The molecule has 174 valence electrons. The largest absolute Gasteiger partial charge is 0.339 e. The van der Waals surface area contributed by atoms with Crippen molar-refractivity contribution in [3.63, 3.8) is 0 Å². The smallest absolute Gasteiger partial charge is 0.325 e. The topological polar surface area (TPSA) is 73.0 Å². The lowest BCUT2D eigenvalue weighted by Gasteiger charge is -2.35. The zero-order valence-corrected chi connectivity index (χ0v) is 18.7. The van der Waals surface area contributed by atoms with Crippen LogP contribution in [0, 0.1) is 11.6 Å². The first-order chi connectivity index (χ1) is 15.7. The molecule has 7 nitrogen and oxygen atoms in total. The average molecular weight is 477 g/mol. The van der Waals surface area contributed by atoms with E-state index in [4.69, 9.17) is 11.6 Å². The van der Waals surface area contributed by atoms with Gasteiger partial charge in [-0.05, 0) is 42.3 Å². The molecule has 0 saturated carbocycles. The molecule has 2 fully saturated rings. The van der Waals surface area contributed by atoms with Gasteiger partial charge >= 0.3 is 6.03 Å². The molecule has 33 heavy (non-hydrogen) atoms. The average Bonchev–Trinajstić information content (AvgIpc) is 3.00. The fraction of sp³-hybridized carbons (Fsp3) is 0.348. The Labute approximate surface area is 194 Å². The number of nitrogens with zero attached hydrogens (tertiary/aromatic N) is 3. The van der Waals surface area contributed by atoms with Crippen molar-refractivity contribution in [3.8, 4) is 0 Å². The molecule has 0 aromatic heterocycles. The maximum atomic E-state index is 13.3. The van der Waals surface area contributed by atoms with E-state index >= 15 is 0 Å². The van der Waals surface area contributed by atoms with E-state index in [0.29, 0.717) is 43.3 Å². The molecule has 0 bridgehead atoms. The van der Waals surface area contributed by atoms with Crippen molar-refractivity contribution < 1.29 is 23.2 Å². The molecule has 2 aliphatic heterocycles. The predicted octanol–water partition coefficient (Wildman–Crippen LogP) is 2.73. The molecule has 1 atom stereocenters. The summed E-state index contributed by atoms with van der Waals surface area (Å²) in [6.07, 6.45) is 0. The number of rotatable bonds is 5. The van der Waals surface area contributed by atoms with Crippen LogP contribution in [-0.2, 0) is 21.7 Å². The van der Waals surface area contributed by atoms with Crippen molar-refractivity contribution in [2.24, 2.45) is 0 Å². The summed E-state index contributed by atoms with van der Waals surface area (Å²) in [5.41, 5.74) is -0.124. The molecular formula is C23H23ClF2N4O3. The summed E-state index contributed by atoms with van der Waals surface area (Å²) >= 11 is 6.10. The Morgan fingerprint density at radius 2 is 1.67 bits per heavy atom. The third-order valence-electron chi connectivity index (χ3n) is 6.12. The highest BCUT2D eigenvalue weighted by atomic mass is 35.5. The van der Waals surface area contributed by atoms with Gasteiger partial charge in [-0.1, -0.05) is 29.8 Å². The van der Waals surface area contributed by atoms with Gasteiger partial charge in [0, 0.05) is 37.7 Å². The van der Waals surface area contributed by atoms with E-state index in [1.165, 1.54) is 43.3 Å². The van der Waals surface area contributed by atoms with Crippen LogP contribution in [0.5, 0.6) is 0 Å². The van der Waals surface area contributed by atoms with Crippen LogP contribution in [0.1, 0.15) is 18.1 Å². The van der Waals surface area contributed by atoms with Crippen LogP contribution < -0.4 is 5.32 Å². The molecule has 2 aliphatic rings. The van der Waals surface area contributed by atoms with Gasteiger partial charge in [0.15, 0.2) is 0 Å². The second-order valence-electron chi connectivity index (χ2n) is 8.35. The van der Waals surface area contributed by atoms with E-state index in [-0.39, 0.29) is 12.5 Å². The number of benzene rings is 2. The van der Waals surface area contributed by atoms with Gasteiger partial charge in [0.25, 0.3) is 5.91 Å². The second kappa shape index (κ2) is 9.07. The molecule has 0 radical (unpaired) electrons. The highest BCUT2D eigenvalue weighted by Crippen LogP contribution is 2.29. The number of amides is 4. The van der Waals surface area contributed by atoms with Crippen LogP contribution in [0.25, 0.3) is 0 Å². The van der Waals surface area contributed by atoms with Gasteiger partial charge < -0.3 is 10.2 Å². The third-order valence-corrected chi connectivity index (χ3v) is 6.48. The third kappa shape index (κ3) is 4.69. The van der Waals surface area contributed by atoms with Gasteiger partial charge in [0.1, 0.15) is 23.7 Å². The van der Waals surface area contributed by atoms with Crippen molar-refractivity contribution in [3.05, 3.63) is 70.2 Å². The maximum absolute atomic E-state index is 13.3. The zero-order chi connectivity index (χ0) is 23.8. The fourth-order valence-electron chi connectivity index (χ4n) is 4.10. The Bertz CT molecular complexity index is 1090. The van der Waals surface area contributed by atoms with Crippen molar-refractivity contribution in [2.75, 3.05) is 32.7 Å². The van der Waals surface area contributed by atoms with Crippen LogP contribution in [0.15, 0.2) is 42.5 Å². The molecule has 0 aliphatic carbocycles. The minimum Gasteiger partial charge on any atom is -0.339 e. The first-order valence-electron chi connectivity index (χ1n) is 10.5. The van der Waals surface area contributed by atoms with Gasteiger partial charge in [0.2, 0.25) is 5.91 Å². The van der Waals surface area contributed by atoms with E-state index in [0.717, 1.165) is 10.5 Å². The first kappa shape index (κ1) is 23.1.